The molecule has 0 radical (unpaired) electrons. The van der Waals surface area contributed by atoms with Crippen molar-refractivity contribution in [2.75, 3.05) is 0 Å². The van der Waals surface area contributed by atoms with Crippen LogP contribution in [0.25, 0.3) is 5.57 Å². The molecule has 1 aromatic rings. The number of nitriles is 1. The minimum absolute atomic E-state index is 0.0755. The van der Waals surface area contributed by atoms with Crippen molar-refractivity contribution >= 4 is 29.0 Å². The Morgan fingerprint density at radius 2 is 2.32 bits per heavy atom. The Morgan fingerprint density at radius 3 is 2.84 bits per heavy atom. The topological polar surface area (TPSA) is 104 Å². The SMILES string of the molecule is C=C/C=C(/C=N\NC=C)c1nc(C(N)=O)sc1C#N. The lowest BCUT2D eigenvalue weighted by Crippen LogP contribution is -2.10. The quantitative estimate of drug-likeness (QED) is 0.464. The van der Waals surface area contributed by atoms with E-state index >= 15 is 0 Å². The first-order chi connectivity index (χ1) is 9.13. The number of hydrazone groups is 1. The lowest BCUT2D eigenvalue weighted by Gasteiger charge is -1.96. The highest BCUT2D eigenvalue weighted by Crippen LogP contribution is 2.23. The third-order valence-corrected chi connectivity index (χ3v) is 2.85. The maximum atomic E-state index is 11.1. The molecular weight excluding hydrogens is 262 g/mol. The van der Waals surface area contributed by atoms with Crippen LogP contribution in [0.1, 0.15) is 20.4 Å². The van der Waals surface area contributed by atoms with Crippen LogP contribution in [0.2, 0.25) is 0 Å². The summed E-state index contributed by atoms with van der Waals surface area (Å²) in [5, 5.41) is 13.0. The summed E-state index contributed by atoms with van der Waals surface area (Å²) in [5.74, 6) is -0.674. The van der Waals surface area contributed by atoms with E-state index in [2.05, 4.69) is 28.7 Å². The van der Waals surface area contributed by atoms with Gasteiger partial charge in [0.05, 0.1) is 6.21 Å². The van der Waals surface area contributed by atoms with Crippen LogP contribution in [0.5, 0.6) is 0 Å². The second-order valence-corrected chi connectivity index (χ2v) is 4.12. The van der Waals surface area contributed by atoms with Crippen molar-refractivity contribution < 1.29 is 4.79 Å². The lowest BCUT2D eigenvalue weighted by atomic mass is 10.1. The highest BCUT2D eigenvalue weighted by Gasteiger charge is 2.16. The van der Waals surface area contributed by atoms with Crippen LogP contribution >= 0.6 is 11.3 Å². The van der Waals surface area contributed by atoms with Gasteiger partial charge in [0, 0.05) is 11.8 Å². The summed E-state index contributed by atoms with van der Waals surface area (Å²) in [4.78, 5) is 15.4. The van der Waals surface area contributed by atoms with E-state index in [0.717, 1.165) is 11.3 Å². The molecule has 7 heteroatoms. The molecular formula is C12H11N5OS. The van der Waals surface area contributed by atoms with Crippen molar-refractivity contribution in [3.05, 3.63) is 47.1 Å². The van der Waals surface area contributed by atoms with E-state index in [-0.39, 0.29) is 9.88 Å². The Bertz CT molecular complexity index is 606. The molecule has 19 heavy (non-hydrogen) atoms. The largest absolute Gasteiger partial charge is 0.364 e. The van der Waals surface area contributed by atoms with E-state index in [0.29, 0.717) is 11.3 Å². The fourth-order valence-electron chi connectivity index (χ4n) is 1.17. The summed E-state index contributed by atoms with van der Waals surface area (Å²) in [7, 11) is 0. The Labute approximate surface area is 114 Å². The molecule has 1 amide bonds. The second kappa shape index (κ2) is 6.88. The molecule has 1 rings (SSSR count). The molecule has 0 saturated carbocycles. The first-order valence-corrected chi connectivity index (χ1v) is 5.89. The summed E-state index contributed by atoms with van der Waals surface area (Å²) >= 11 is 0.937. The number of rotatable bonds is 6. The van der Waals surface area contributed by atoms with Crippen molar-refractivity contribution in [2.24, 2.45) is 10.8 Å². The van der Waals surface area contributed by atoms with Crippen molar-refractivity contribution in [3.63, 3.8) is 0 Å². The van der Waals surface area contributed by atoms with Crippen LogP contribution in [0.4, 0.5) is 0 Å². The smallest absolute Gasteiger partial charge is 0.277 e. The van der Waals surface area contributed by atoms with Crippen LogP contribution in [-0.2, 0) is 0 Å². The van der Waals surface area contributed by atoms with Crippen molar-refractivity contribution in [3.8, 4) is 6.07 Å². The number of carbonyl (C=O) groups is 1. The number of hydrogen-bond donors (Lipinski definition) is 2. The Balaban J connectivity index is 3.27. The molecule has 0 spiro atoms. The molecule has 0 aromatic carbocycles. The van der Waals surface area contributed by atoms with Gasteiger partial charge in [-0.3, -0.25) is 10.2 Å². The van der Waals surface area contributed by atoms with Crippen LogP contribution in [0.15, 0.2) is 36.6 Å². The number of allylic oxidation sites excluding steroid dienone is 3. The number of nitrogens with zero attached hydrogens (tertiary/aromatic N) is 3. The van der Waals surface area contributed by atoms with Crippen molar-refractivity contribution in [2.45, 2.75) is 0 Å². The number of amides is 1. The summed E-state index contributed by atoms with van der Waals surface area (Å²) in [5.41, 5.74) is 8.56. The number of thiazole rings is 1. The maximum Gasteiger partial charge on any atom is 0.277 e. The van der Waals surface area contributed by atoms with Crippen molar-refractivity contribution in [1.29, 1.82) is 5.26 Å². The van der Waals surface area contributed by atoms with E-state index in [9.17, 15) is 4.79 Å². The number of hydrogen-bond acceptors (Lipinski definition) is 6. The average molecular weight is 273 g/mol. The highest BCUT2D eigenvalue weighted by atomic mass is 32.1. The third kappa shape index (κ3) is 3.62. The zero-order valence-corrected chi connectivity index (χ0v) is 10.8. The lowest BCUT2D eigenvalue weighted by molar-refractivity contribution is 0.1000. The average Bonchev–Trinajstić information content (AvgIpc) is 2.82. The van der Waals surface area contributed by atoms with Gasteiger partial charge >= 0.3 is 0 Å². The fourth-order valence-corrected chi connectivity index (χ4v) is 1.90. The summed E-state index contributed by atoms with van der Waals surface area (Å²) in [6, 6.07) is 1.97. The second-order valence-electron chi connectivity index (χ2n) is 3.12. The van der Waals surface area contributed by atoms with Gasteiger partial charge in [-0.15, -0.1) is 0 Å². The monoisotopic (exact) mass is 273 g/mol. The van der Waals surface area contributed by atoms with E-state index in [1.54, 1.807) is 6.08 Å². The molecule has 0 bridgehead atoms. The van der Waals surface area contributed by atoms with E-state index < -0.39 is 5.91 Å². The molecule has 0 fully saturated rings. The highest BCUT2D eigenvalue weighted by molar-refractivity contribution is 7.14. The Morgan fingerprint density at radius 1 is 1.58 bits per heavy atom. The minimum Gasteiger partial charge on any atom is -0.364 e. The predicted octanol–water partition coefficient (Wildman–Crippen LogP) is 1.40. The first kappa shape index (κ1) is 14.3. The summed E-state index contributed by atoms with van der Waals surface area (Å²) in [6.45, 7) is 7.02. The van der Waals surface area contributed by atoms with Gasteiger partial charge in [0.1, 0.15) is 16.6 Å². The van der Waals surface area contributed by atoms with Gasteiger partial charge in [-0.05, 0) is 0 Å². The number of carbonyl (C=O) groups excluding carboxylic acids is 1. The number of nitrogens with one attached hydrogen (secondary N) is 1. The van der Waals surface area contributed by atoms with E-state index in [1.165, 1.54) is 18.5 Å². The number of nitrogens with two attached hydrogens (primary N) is 1. The summed E-state index contributed by atoms with van der Waals surface area (Å²) < 4.78 is 0. The number of primary amides is 1. The zero-order chi connectivity index (χ0) is 14.3. The summed E-state index contributed by atoms with van der Waals surface area (Å²) in [6.07, 6.45) is 5.99. The molecule has 0 aliphatic heterocycles. The minimum atomic E-state index is -0.674. The Hall–Kier alpha value is -2.72. The molecule has 0 unspecified atom stereocenters. The molecule has 0 saturated heterocycles. The zero-order valence-electron chi connectivity index (χ0n) is 9.96. The molecule has 1 heterocycles. The van der Waals surface area contributed by atoms with E-state index in [1.807, 2.05) is 6.07 Å². The van der Waals surface area contributed by atoms with Gasteiger partial charge in [0.2, 0.25) is 0 Å². The van der Waals surface area contributed by atoms with Gasteiger partial charge in [-0.1, -0.05) is 36.6 Å². The first-order valence-electron chi connectivity index (χ1n) is 5.07. The predicted molar refractivity (Wildman–Crippen MR) is 75.3 cm³/mol. The molecule has 0 aliphatic carbocycles. The molecule has 0 aliphatic rings. The molecule has 6 nitrogen and oxygen atoms in total. The van der Waals surface area contributed by atoms with Crippen LogP contribution < -0.4 is 11.2 Å². The van der Waals surface area contributed by atoms with Gasteiger partial charge < -0.3 is 5.73 Å². The standard InChI is InChI=1S/C12H11N5OS/c1-3-5-8(7-16-15-4-2)10-9(6-13)19-12(17-10)11(14)18/h3-5,7,15H,1-2H2,(H2,14,18)/b8-5-,16-7-. The van der Waals surface area contributed by atoms with Crippen LogP contribution in [0.3, 0.4) is 0 Å². The van der Waals surface area contributed by atoms with Gasteiger partial charge in [-0.25, -0.2) is 4.98 Å². The molecule has 0 atom stereocenters. The number of aromatic nitrogens is 1. The van der Waals surface area contributed by atoms with Crippen LogP contribution in [0, 0.1) is 11.3 Å². The van der Waals surface area contributed by atoms with Gasteiger partial charge in [-0.2, -0.15) is 10.4 Å². The normalized spacial score (nSPS) is 11.0. The van der Waals surface area contributed by atoms with Gasteiger partial charge in [0.15, 0.2) is 5.01 Å². The third-order valence-electron chi connectivity index (χ3n) is 1.88. The molecule has 1 aromatic heterocycles. The molecule has 96 valence electrons. The van der Waals surface area contributed by atoms with Gasteiger partial charge in [0.25, 0.3) is 5.91 Å². The fraction of sp³-hybridized carbons (Fsp3) is 0. The van der Waals surface area contributed by atoms with E-state index in [4.69, 9.17) is 11.0 Å². The Kier molecular flexibility index (Phi) is 5.19. The van der Waals surface area contributed by atoms with Crippen molar-refractivity contribution in [1.82, 2.24) is 10.4 Å². The van der Waals surface area contributed by atoms with Crippen LogP contribution in [-0.4, -0.2) is 17.1 Å². The molecule has 3 N–H and O–H groups in total. The maximum absolute atomic E-state index is 11.1.